The van der Waals surface area contributed by atoms with Crippen LogP contribution in [0.4, 0.5) is 0 Å². The Morgan fingerprint density at radius 3 is 2.39 bits per heavy atom. The van der Waals surface area contributed by atoms with E-state index in [9.17, 15) is 14.7 Å². The van der Waals surface area contributed by atoms with Gasteiger partial charge in [0.05, 0.1) is 16.5 Å². The zero-order valence-electron chi connectivity index (χ0n) is 16.2. The largest absolute Gasteiger partial charge is 0.503 e. The Hall–Kier alpha value is -2.40. The lowest BCUT2D eigenvalue weighted by Gasteiger charge is -2.32. The Balaban J connectivity index is 1.79. The SMILES string of the molecule is CC(C)c1ccc(C2C(C(=O)c3cccs3)=C(O)C(=O)N2C2CCCC2)cc1. The number of thiophene rings is 1. The Morgan fingerprint density at radius 2 is 1.82 bits per heavy atom. The van der Waals surface area contributed by atoms with Gasteiger partial charge in [0.25, 0.3) is 5.91 Å². The van der Waals surface area contributed by atoms with Gasteiger partial charge < -0.3 is 10.0 Å². The van der Waals surface area contributed by atoms with E-state index in [0.29, 0.717) is 10.8 Å². The molecule has 1 unspecified atom stereocenters. The molecule has 0 spiro atoms. The van der Waals surface area contributed by atoms with E-state index in [1.54, 1.807) is 11.0 Å². The number of hydrogen-bond donors (Lipinski definition) is 1. The van der Waals surface area contributed by atoms with Gasteiger partial charge in [0.2, 0.25) is 5.78 Å². The van der Waals surface area contributed by atoms with Crippen molar-refractivity contribution in [3.63, 3.8) is 0 Å². The van der Waals surface area contributed by atoms with Crippen LogP contribution >= 0.6 is 11.3 Å². The molecule has 146 valence electrons. The fraction of sp³-hybridized carbons (Fsp3) is 0.391. The van der Waals surface area contributed by atoms with E-state index < -0.39 is 11.9 Å². The molecule has 1 amide bonds. The van der Waals surface area contributed by atoms with Gasteiger partial charge in [0.1, 0.15) is 0 Å². The van der Waals surface area contributed by atoms with E-state index in [1.807, 2.05) is 23.6 Å². The molecular weight excluding hydrogens is 370 g/mol. The van der Waals surface area contributed by atoms with Crippen molar-refractivity contribution in [1.29, 1.82) is 0 Å². The van der Waals surface area contributed by atoms with Crippen LogP contribution < -0.4 is 0 Å². The topological polar surface area (TPSA) is 57.6 Å². The molecule has 4 rings (SSSR count). The third-order valence-corrected chi connectivity index (χ3v) is 6.74. The fourth-order valence-electron chi connectivity index (χ4n) is 4.35. The Morgan fingerprint density at radius 1 is 1.14 bits per heavy atom. The summed E-state index contributed by atoms with van der Waals surface area (Å²) in [5, 5.41) is 12.5. The van der Waals surface area contributed by atoms with Crippen molar-refractivity contribution >= 4 is 23.0 Å². The molecule has 1 saturated carbocycles. The van der Waals surface area contributed by atoms with Crippen LogP contribution in [0.2, 0.25) is 0 Å². The zero-order valence-corrected chi connectivity index (χ0v) is 17.0. The van der Waals surface area contributed by atoms with Crippen LogP contribution in [0.3, 0.4) is 0 Å². The zero-order chi connectivity index (χ0) is 19.8. The number of rotatable bonds is 5. The molecule has 1 aliphatic carbocycles. The molecule has 5 heteroatoms. The van der Waals surface area contributed by atoms with Gasteiger partial charge in [0.15, 0.2) is 5.76 Å². The Kier molecular flexibility index (Phi) is 5.11. The molecule has 1 N–H and O–H groups in total. The molecule has 1 aromatic heterocycles. The predicted octanol–water partition coefficient (Wildman–Crippen LogP) is 5.39. The van der Waals surface area contributed by atoms with Crippen LogP contribution in [0.15, 0.2) is 53.1 Å². The van der Waals surface area contributed by atoms with E-state index in [0.717, 1.165) is 31.2 Å². The van der Waals surface area contributed by atoms with E-state index >= 15 is 0 Å². The summed E-state index contributed by atoms with van der Waals surface area (Å²) in [5.74, 6) is -0.645. The highest BCUT2D eigenvalue weighted by atomic mass is 32.1. The highest BCUT2D eigenvalue weighted by Gasteiger charge is 2.47. The summed E-state index contributed by atoms with van der Waals surface area (Å²) >= 11 is 1.33. The fourth-order valence-corrected chi connectivity index (χ4v) is 5.02. The Bertz CT molecular complexity index is 906. The number of nitrogens with zero attached hydrogens (tertiary/aromatic N) is 1. The van der Waals surface area contributed by atoms with Gasteiger partial charge in [-0.1, -0.05) is 57.0 Å². The second-order valence-electron chi connectivity index (χ2n) is 7.94. The first-order valence-corrected chi connectivity index (χ1v) is 10.8. The number of benzene rings is 1. The van der Waals surface area contributed by atoms with Crippen LogP contribution in [0.1, 0.15) is 72.3 Å². The van der Waals surface area contributed by atoms with Gasteiger partial charge >= 0.3 is 0 Å². The maximum Gasteiger partial charge on any atom is 0.290 e. The second kappa shape index (κ2) is 7.55. The average Bonchev–Trinajstić information content (AvgIpc) is 3.43. The molecule has 0 bridgehead atoms. The quantitative estimate of drug-likeness (QED) is 0.690. The molecule has 2 aliphatic rings. The van der Waals surface area contributed by atoms with Gasteiger partial charge in [-0.05, 0) is 41.3 Å². The molecule has 0 radical (unpaired) electrons. The number of carbonyl (C=O) groups is 2. The molecule has 0 saturated heterocycles. The molecule has 28 heavy (non-hydrogen) atoms. The van der Waals surface area contributed by atoms with Crippen LogP contribution in [0.5, 0.6) is 0 Å². The summed E-state index contributed by atoms with van der Waals surface area (Å²) in [7, 11) is 0. The lowest BCUT2D eigenvalue weighted by molar-refractivity contribution is -0.131. The van der Waals surface area contributed by atoms with E-state index in [-0.39, 0.29) is 23.2 Å². The maximum atomic E-state index is 13.2. The molecule has 1 aliphatic heterocycles. The van der Waals surface area contributed by atoms with Gasteiger partial charge in [-0.15, -0.1) is 11.3 Å². The number of amides is 1. The van der Waals surface area contributed by atoms with Crippen molar-refractivity contribution in [2.45, 2.75) is 57.5 Å². The third-order valence-electron chi connectivity index (χ3n) is 5.87. The van der Waals surface area contributed by atoms with Gasteiger partial charge in [-0.2, -0.15) is 0 Å². The second-order valence-corrected chi connectivity index (χ2v) is 8.89. The van der Waals surface area contributed by atoms with E-state index in [4.69, 9.17) is 0 Å². The molecular formula is C23H25NO3S. The average molecular weight is 396 g/mol. The number of Topliss-reactive ketones (excluding diaryl/α,β-unsaturated/α-hetero) is 1. The molecule has 2 aromatic rings. The summed E-state index contributed by atoms with van der Waals surface area (Å²) in [6, 6.07) is 11.2. The molecule has 4 nitrogen and oxygen atoms in total. The maximum absolute atomic E-state index is 13.2. The molecule has 1 fully saturated rings. The lowest BCUT2D eigenvalue weighted by atomic mass is 9.92. The number of carbonyl (C=O) groups excluding carboxylic acids is 2. The molecule has 1 aromatic carbocycles. The van der Waals surface area contributed by atoms with E-state index in [2.05, 4.69) is 26.0 Å². The number of ketones is 1. The first-order chi connectivity index (χ1) is 13.5. The minimum atomic E-state index is -0.522. The highest BCUT2D eigenvalue weighted by Crippen LogP contribution is 2.43. The lowest BCUT2D eigenvalue weighted by Crippen LogP contribution is -2.38. The van der Waals surface area contributed by atoms with E-state index in [1.165, 1.54) is 16.9 Å². The molecule has 2 heterocycles. The summed E-state index contributed by atoms with van der Waals surface area (Å²) in [6.07, 6.45) is 3.98. The summed E-state index contributed by atoms with van der Waals surface area (Å²) in [4.78, 5) is 28.5. The van der Waals surface area contributed by atoms with Crippen molar-refractivity contribution in [3.05, 3.63) is 69.1 Å². The van der Waals surface area contributed by atoms with Crippen LogP contribution in [-0.4, -0.2) is 27.7 Å². The standard InChI is InChI=1S/C23H25NO3S/c1-14(2)15-9-11-16(12-10-15)20-19(21(25)18-8-5-13-28-18)22(26)23(27)24(20)17-6-3-4-7-17/h5,8-14,17,20,26H,3-4,6-7H2,1-2H3. The Labute approximate surface area is 169 Å². The van der Waals surface area contributed by atoms with Crippen molar-refractivity contribution < 1.29 is 14.7 Å². The monoisotopic (exact) mass is 395 g/mol. The first kappa shape index (κ1) is 18.9. The van der Waals surface area contributed by atoms with Crippen LogP contribution in [0.25, 0.3) is 0 Å². The molecule has 1 atom stereocenters. The van der Waals surface area contributed by atoms with Crippen molar-refractivity contribution in [2.75, 3.05) is 0 Å². The smallest absolute Gasteiger partial charge is 0.290 e. The number of aliphatic hydroxyl groups is 1. The summed E-state index contributed by atoms with van der Waals surface area (Å²) < 4.78 is 0. The minimum absolute atomic E-state index is 0.0676. The third kappa shape index (κ3) is 3.18. The van der Waals surface area contributed by atoms with Crippen molar-refractivity contribution in [1.82, 2.24) is 4.90 Å². The number of aliphatic hydroxyl groups excluding tert-OH is 1. The normalized spacial score (nSPS) is 20.6. The predicted molar refractivity (Wildman–Crippen MR) is 111 cm³/mol. The minimum Gasteiger partial charge on any atom is -0.503 e. The van der Waals surface area contributed by atoms with Gasteiger partial charge in [-0.25, -0.2) is 0 Å². The first-order valence-electron chi connectivity index (χ1n) is 9.93. The van der Waals surface area contributed by atoms with Gasteiger partial charge in [0, 0.05) is 6.04 Å². The van der Waals surface area contributed by atoms with Gasteiger partial charge in [-0.3, -0.25) is 9.59 Å². The summed E-state index contributed by atoms with van der Waals surface area (Å²) in [6.45, 7) is 4.27. The van der Waals surface area contributed by atoms with Crippen molar-refractivity contribution in [2.24, 2.45) is 0 Å². The van der Waals surface area contributed by atoms with Crippen molar-refractivity contribution in [3.8, 4) is 0 Å². The number of hydrogen-bond acceptors (Lipinski definition) is 4. The summed E-state index contributed by atoms with van der Waals surface area (Å²) in [5.41, 5.74) is 2.31. The van der Waals surface area contributed by atoms with Crippen LogP contribution in [0, 0.1) is 0 Å². The van der Waals surface area contributed by atoms with Crippen LogP contribution in [-0.2, 0) is 4.79 Å². The highest BCUT2D eigenvalue weighted by molar-refractivity contribution is 7.12.